The fourth-order valence-corrected chi connectivity index (χ4v) is 3.22. The Labute approximate surface area is 123 Å². The van der Waals surface area contributed by atoms with E-state index >= 15 is 0 Å². The lowest BCUT2D eigenvalue weighted by molar-refractivity contribution is -0.131. The van der Waals surface area contributed by atoms with E-state index in [0.717, 1.165) is 45.2 Å². The van der Waals surface area contributed by atoms with E-state index in [0.29, 0.717) is 6.42 Å². The van der Waals surface area contributed by atoms with Gasteiger partial charge >= 0.3 is 0 Å². The second-order valence-corrected chi connectivity index (χ2v) is 6.42. The molecule has 0 unspecified atom stereocenters. The summed E-state index contributed by atoms with van der Waals surface area (Å²) in [4.78, 5) is 13.9. The fourth-order valence-electron chi connectivity index (χ4n) is 3.22. The summed E-state index contributed by atoms with van der Waals surface area (Å²) >= 11 is 0. The number of hydrogen-bond donors (Lipinski definition) is 2. The smallest absolute Gasteiger partial charge is 0.222 e. The monoisotopic (exact) mass is 284 g/mol. The van der Waals surface area contributed by atoms with Gasteiger partial charge in [-0.2, -0.15) is 0 Å². The molecule has 0 aromatic heterocycles. The largest absolute Gasteiger partial charge is 0.396 e. The number of nitrogens with two attached hydrogens (primary N) is 1. The molecule has 0 atom stereocenters. The highest BCUT2D eigenvalue weighted by Gasteiger charge is 2.35. The molecule has 0 heterocycles. The first-order chi connectivity index (χ1) is 9.63. The second-order valence-electron chi connectivity index (χ2n) is 6.42. The molecule has 20 heavy (non-hydrogen) atoms. The molecule has 118 valence electrons. The lowest BCUT2D eigenvalue weighted by Crippen LogP contribution is -2.39. The minimum atomic E-state index is -0.0223. The number of unbranched alkanes of at least 4 members (excludes halogenated alkanes) is 4. The summed E-state index contributed by atoms with van der Waals surface area (Å²) in [6, 6.07) is 0. The molecule has 1 saturated carbocycles. The van der Waals surface area contributed by atoms with Crippen LogP contribution < -0.4 is 5.73 Å². The van der Waals surface area contributed by atoms with Crippen LogP contribution in [-0.4, -0.2) is 42.7 Å². The van der Waals surface area contributed by atoms with Crippen molar-refractivity contribution in [1.82, 2.24) is 4.90 Å². The molecule has 1 aliphatic carbocycles. The molecular weight excluding hydrogens is 252 g/mol. The van der Waals surface area contributed by atoms with E-state index in [9.17, 15) is 9.90 Å². The van der Waals surface area contributed by atoms with Crippen LogP contribution in [0.4, 0.5) is 0 Å². The maximum atomic E-state index is 12.1. The van der Waals surface area contributed by atoms with E-state index < -0.39 is 0 Å². The van der Waals surface area contributed by atoms with Crippen molar-refractivity contribution in [3.8, 4) is 0 Å². The first-order valence-corrected chi connectivity index (χ1v) is 8.18. The van der Waals surface area contributed by atoms with Crippen molar-refractivity contribution in [3.63, 3.8) is 0 Å². The van der Waals surface area contributed by atoms with Gasteiger partial charge in [-0.15, -0.1) is 0 Å². The third kappa shape index (κ3) is 5.80. The number of carbonyl (C=O) groups excluding carboxylic acids is 1. The molecule has 3 N–H and O–H groups in total. The van der Waals surface area contributed by atoms with Crippen LogP contribution in [0.5, 0.6) is 0 Å². The van der Waals surface area contributed by atoms with Crippen molar-refractivity contribution < 1.29 is 9.90 Å². The average molecular weight is 284 g/mol. The zero-order valence-corrected chi connectivity index (χ0v) is 13.1. The number of aliphatic hydroxyl groups excluding tert-OH is 1. The van der Waals surface area contributed by atoms with E-state index in [1.807, 2.05) is 11.9 Å². The van der Waals surface area contributed by atoms with Crippen molar-refractivity contribution in [2.45, 2.75) is 64.2 Å². The highest BCUT2D eigenvalue weighted by atomic mass is 16.3. The van der Waals surface area contributed by atoms with Gasteiger partial charge in [0, 0.05) is 25.4 Å². The van der Waals surface area contributed by atoms with E-state index in [1.165, 1.54) is 25.7 Å². The van der Waals surface area contributed by atoms with Crippen LogP contribution in [0, 0.1) is 5.41 Å². The highest BCUT2D eigenvalue weighted by molar-refractivity contribution is 5.75. The summed E-state index contributed by atoms with van der Waals surface area (Å²) in [6.07, 6.45) is 10.6. The van der Waals surface area contributed by atoms with Crippen molar-refractivity contribution in [3.05, 3.63) is 0 Å². The number of amides is 1. The van der Waals surface area contributed by atoms with Gasteiger partial charge in [0.2, 0.25) is 5.91 Å². The van der Waals surface area contributed by atoms with Crippen LogP contribution in [-0.2, 0) is 4.79 Å². The van der Waals surface area contributed by atoms with Crippen molar-refractivity contribution in [1.29, 1.82) is 0 Å². The van der Waals surface area contributed by atoms with Gasteiger partial charge < -0.3 is 15.7 Å². The third-order valence-corrected chi connectivity index (χ3v) is 4.59. The SMILES string of the molecule is CN(CC1(CO)CCCC1)C(=O)CCCCCCCN. The average Bonchev–Trinajstić information content (AvgIpc) is 2.91. The molecule has 4 heteroatoms. The summed E-state index contributed by atoms with van der Waals surface area (Å²) in [5.74, 6) is 0.226. The Kier molecular flexibility index (Phi) is 8.15. The van der Waals surface area contributed by atoms with Crippen LogP contribution in [0.25, 0.3) is 0 Å². The van der Waals surface area contributed by atoms with E-state index in [1.54, 1.807) is 0 Å². The van der Waals surface area contributed by atoms with Crippen molar-refractivity contribution in [2.75, 3.05) is 26.7 Å². The molecule has 0 aromatic rings. The minimum Gasteiger partial charge on any atom is -0.396 e. The molecule has 1 rings (SSSR count). The van der Waals surface area contributed by atoms with E-state index in [4.69, 9.17) is 5.73 Å². The molecule has 1 fully saturated rings. The molecule has 1 amide bonds. The Morgan fingerprint density at radius 1 is 1.15 bits per heavy atom. The van der Waals surface area contributed by atoms with E-state index in [2.05, 4.69) is 0 Å². The standard InChI is InChI=1S/C16H32N2O2/c1-18(13-16(14-19)10-6-7-11-16)15(20)9-5-3-2-4-8-12-17/h19H,2-14,17H2,1H3. The molecule has 0 spiro atoms. The van der Waals surface area contributed by atoms with Crippen molar-refractivity contribution in [2.24, 2.45) is 11.1 Å². The zero-order chi connectivity index (χ0) is 14.8. The molecule has 0 aromatic carbocycles. The van der Waals surface area contributed by atoms with Crippen LogP contribution in [0.15, 0.2) is 0 Å². The zero-order valence-electron chi connectivity index (χ0n) is 13.1. The van der Waals surface area contributed by atoms with Crippen LogP contribution >= 0.6 is 0 Å². The number of rotatable bonds is 10. The van der Waals surface area contributed by atoms with Gasteiger partial charge in [-0.05, 0) is 32.2 Å². The summed E-state index contributed by atoms with van der Waals surface area (Å²) in [7, 11) is 1.88. The maximum Gasteiger partial charge on any atom is 0.222 e. The topological polar surface area (TPSA) is 66.6 Å². The first kappa shape index (κ1) is 17.4. The van der Waals surface area contributed by atoms with Gasteiger partial charge in [0.05, 0.1) is 6.61 Å². The summed E-state index contributed by atoms with van der Waals surface area (Å²) < 4.78 is 0. The molecule has 0 radical (unpaired) electrons. The first-order valence-electron chi connectivity index (χ1n) is 8.18. The molecule has 0 aliphatic heterocycles. The Bertz CT molecular complexity index is 276. The Morgan fingerprint density at radius 2 is 1.75 bits per heavy atom. The maximum absolute atomic E-state index is 12.1. The Morgan fingerprint density at radius 3 is 2.35 bits per heavy atom. The number of hydrogen-bond acceptors (Lipinski definition) is 3. The summed E-state index contributed by atoms with van der Waals surface area (Å²) in [5, 5.41) is 9.60. The quantitative estimate of drug-likeness (QED) is 0.605. The van der Waals surface area contributed by atoms with Gasteiger partial charge in [-0.3, -0.25) is 4.79 Å². The van der Waals surface area contributed by atoms with Crippen LogP contribution in [0.1, 0.15) is 64.2 Å². The molecule has 0 saturated heterocycles. The lowest BCUT2D eigenvalue weighted by atomic mass is 9.86. The number of carbonyl (C=O) groups is 1. The predicted molar refractivity (Wildman–Crippen MR) is 82.4 cm³/mol. The van der Waals surface area contributed by atoms with Crippen LogP contribution in [0.2, 0.25) is 0 Å². The molecular formula is C16H32N2O2. The Balaban J connectivity index is 2.18. The third-order valence-electron chi connectivity index (χ3n) is 4.59. The fraction of sp³-hybridized carbons (Fsp3) is 0.938. The van der Waals surface area contributed by atoms with Gasteiger partial charge in [0.1, 0.15) is 0 Å². The van der Waals surface area contributed by atoms with E-state index in [-0.39, 0.29) is 17.9 Å². The molecule has 1 aliphatic rings. The lowest BCUT2D eigenvalue weighted by Gasteiger charge is -2.31. The van der Waals surface area contributed by atoms with Gasteiger partial charge in [-0.25, -0.2) is 0 Å². The van der Waals surface area contributed by atoms with Crippen molar-refractivity contribution >= 4 is 5.91 Å². The Hall–Kier alpha value is -0.610. The van der Waals surface area contributed by atoms with Gasteiger partial charge in [-0.1, -0.05) is 32.1 Å². The summed E-state index contributed by atoms with van der Waals surface area (Å²) in [5.41, 5.74) is 5.43. The van der Waals surface area contributed by atoms with Crippen LogP contribution in [0.3, 0.4) is 0 Å². The normalized spacial score (nSPS) is 17.4. The van der Waals surface area contributed by atoms with Gasteiger partial charge in [0.15, 0.2) is 0 Å². The molecule has 4 nitrogen and oxygen atoms in total. The van der Waals surface area contributed by atoms with Gasteiger partial charge in [0.25, 0.3) is 0 Å². The minimum absolute atomic E-state index is 0.0223. The summed E-state index contributed by atoms with van der Waals surface area (Å²) in [6.45, 7) is 1.70. The number of aliphatic hydroxyl groups is 1. The molecule has 0 bridgehead atoms. The highest BCUT2D eigenvalue weighted by Crippen LogP contribution is 2.38. The second kappa shape index (κ2) is 9.35. The predicted octanol–water partition coefficient (Wildman–Crippen LogP) is 2.30. The number of nitrogens with zero attached hydrogens (tertiary/aromatic N) is 1.